The van der Waals surface area contributed by atoms with Gasteiger partial charge in [-0.2, -0.15) is 5.10 Å². The lowest BCUT2D eigenvalue weighted by atomic mass is 10.1. The van der Waals surface area contributed by atoms with E-state index in [1.54, 1.807) is 0 Å². The first kappa shape index (κ1) is 7.60. The minimum atomic E-state index is 0.749. The van der Waals surface area contributed by atoms with Crippen molar-refractivity contribution in [3.63, 3.8) is 0 Å². The number of anilines is 1. The fourth-order valence-electron chi connectivity index (χ4n) is 0.799. The number of hydrogen-bond donors (Lipinski definition) is 2. The van der Waals surface area contributed by atoms with Crippen LogP contribution in [-0.4, -0.2) is 5.71 Å². The Labute approximate surface area is 65.7 Å². The highest BCUT2D eigenvalue weighted by molar-refractivity contribution is 5.98. The zero-order valence-corrected chi connectivity index (χ0v) is 6.41. The van der Waals surface area contributed by atoms with E-state index < -0.39 is 0 Å². The maximum Gasteiger partial charge on any atom is 0.0641 e. The molecule has 0 spiro atoms. The molecule has 0 aliphatic rings. The van der Waals surface area contributed by atoms with E-state index in [1.807, 2.05) is 31.2 Å². The summed E-state index contributed by atoms with van der Waals surface area (Å²) >= 11 is 0. The minimum absolute atomic E-state index is 0.749. The molecule has 0 aromatic heterocycles. The van der Waals surface area contributed by atoms with Gasteiger partial charge in [-0.05, 0) is 24.6 Å². The summed E-state index contributed by atoms with van der Waals surface area (Å²) in [6.45, 7) is 1.85. The Balaban J connectivity index is 2.99. The van der Waals surface area contributed by atoms with Gasteiger partial charge in [0.25, 0.3) is 0 Å². The molecule has 0 saturated heterocycles. The topological polar surface area (TPSA) is 64.4 Å². The first-order chi connectivity index (χ1) is 5.24. The normalized spacial score (nSPS) is 11.5. The van der Waals surface area contributed by atoms with Gasteiger partial charge < -0.3 is 11.6 Å². The zero-order valence-electron chi connectivity index (χ0n) is 6.41. The van der Waals surface area contributed by atoms with Gasteiger partial charge in [0.15, 0.2) is 0 Å². The predicted molar refractivity (Wildman–Crippen MR) is 47.3 cm³/mol. The van der Waals surface area contributed by atoms with E-state index in [4.69, 9.17) is 11.6 Å². The van der Waals surface area contributed by atoms with E-state index in [1.165, 1.54) is 0 Å². The molecule has 0 saturated carbocycles. The maximum absolute atomic E-state index is 5.50. The number of rotatable bonds is 1. The summed E-state index contributed by atoms with van der Waals surface area (Å²) in [5.74, 6) is 5.10. The van der Waals surface area contributed by atoms with Crippen molar-refractivity contribution < 1.29 is 0 Å². The Morgan fingerprint density at radius 2 is 1.82 bits per heavy atom. The lowest BCUT2D eigenvalue weighted by Crippen LogP contribution is -1.98. The SMILES string of the molecule is C/C(=N\N)c1ccc(N)cc1. The molecule has 0 aliphatic heterocycles. The average Bonchev–Trinajstić information content (AvgIpc) is 2.05. The first-order valence-corrected chi connectivity index (χ1v) is 3.34. The van der Waals surface area contributed by atoms with Crippen LogP contribution >= 0.6 is 0 Å². The number of benzene rings is 1. The quantitative estimate of drug-likeness (QED) is 0.270. The molecule has 0 atom stereocenters. The molecule has 11 heavy (non-hydrogen) atoms. The fourth-order valence-corrected chi connectivity index (χ4v) is 0.799. The lowest BCUT2D eigenvalue weighted by Gasteiger charge is -1.98. The standard InChI is InChI=1S/C8H11N3/c1-6(11-10)7-2-4-8(9)5-3-7/h2-5H,9-10H2,1H3/b11-6+. The highest BCUT2D eigenvalue weighted by atomic mass is 15.1. The fraction of sp³-hybridized carbons (Fsp3) is 0.125. The van der Waals surface area contributed by atoms with Crippen LogP contribution in [0, 0.1) is 0 Å². The molecular weight excluding hydrogens is 138 g/mol. The van der Waals surface area contributed by atoms with Crippen LogP contribution in [0.25, 0.3) is 0 Å². The average molecular weight is 149 g/mol. The molecule has 0 bridgehead atoms. The molecule has 0 radical (unpaired) electrons. The molecule has 58 valence electrons. The van der Waals surface area contributed by atoms with E-state index in [2.05, 4.69) is 5.10 Å². The van der Waals surface area contributed by atoms with Gasteiger partial charge in [0, 0.05) is 5.69 Å². The lowest BCUT2D eigenvalue weighted by molar-refractivity contribution is 1.24. The molecule has 1 aromatic rings. The molecule has 3 heteroatoms. The largest absolute Gasteiger partial charge is 0.399 e. The van der Waals surface area contributed by atoms with Crippen molar-refractivity contribution in [3.05, 3.63) is 29.8 Å². The molecule has 1 aromatic carbocycles. The Morgan fingerprint density at radius 3 is 2.27 bits per heavy atom. The summed E-state index contributed by atoms with van der Waals surface area (Å²) in [5, 5.41) is 3.56. The Bertz CT molecular complexity index is 261. The van der Waals surface area contributed by atoms with E-state index >= 15 is 0 Å². The smallest absolute Gasteiger partial charge is 0.0641 e. The molecule has 0 heterocycles. The van der Waals surface area contributed by atoms with Gasteiger partial charge in [0.05, 0.1) is 5.71 Å². The van der Waals surface area contributed by atoms with Crippen LogP contribution in [0.1, 0.15) is 12.5 Å². The maximum atomic E-state index is 5.50. The van der Waals surface area contributed by atoms with Crippen molar-refractivity contribution in [1.82, 2.24) is 0 Å². The van der Waals surface area contributed by atoms with Crippen LogP contribution in [0.4, 0.5) is 5.69 Å². The van der Waals surface area contributed by atoms with E-state index in [0.717, 1.165) is 17.0 Å². The molecule has 4 N–H and O–H groups in total. The number of hydrazone groups is 1. The highest BCUT2D eigenvalue weighted by Crippen LogP contribution is 2.05. The number of nitrogens with two attached hydrogens (primary N) is 2. The number of nitrogens with zero attached hydrogens (tertiary/aromatic N) is 1. The monoisotopic (exact) mass is 149 g/mol. The number of hydrogen-bond acceptors (Lipinski definition) is 3. The molecule has 0 aliphatic carbocycles. The summed E-state index contributed by atoms with van der Waals surface area (Å²) in [4.78, 5) is 0. The van der Waals surface area contributed by atoms with Crippen molar-refractivity contribution in [2.75, 3.05) is 5.73 Å². The highest BCUT2D eigenvalue weighted by Gasteiger charge is 1.94. The van der Waals surface area contributed by atoms with Crippen LogP contribution in [0.2, 0.25) is 0 Å². The Morgan fingerprint density at radius 1 is 1.27 bits per heavy atom. The van der Waals surface area contributed by atoms with Crippen LogP contribution < -0.4 is 11.6 Å². The van der Waals surface area contributed by atoms with Gasteiger partial charge in [-0.1, -0.05) is 12.1 Å². The van der Waals surface area contributed by atoms with Gasteiger partial charge in [0.2, 0.25) is 0 Å². The molecule has 0 fully saturated rings. The molecular formula is C8H11N3. The van der Waals surface area contributed by atoms with Crippen LogP contribution in [0.3, 0.4) is 0 Å². The van der Waals surface area contributed by atoms with E-state index in [9.17, 15) is 0 Å². The molecule has 0 amide bonds. The molecule has 1 rings (SSSR count). The Hall–Kier alpha value is -1.51. The van der Waals surface area contributed by atoms with Gasteiger partial charge in [-0.25, -0.2) is 0 Å². The summed E-state index contributed by atoms with van der Waals surface area (Å²) in [7, 11) is 0. The zero-order chi connectivity index (χ0) is 8.27. The second kappa shape index (κ2) is 3.05. The summed E-state index contributed by atoms with van der Waals surface area (Å²) in [6.07, 6.45) is 0. The Kier molecular flexibility index (Phi) is 2.11. The van der Waals surface area contributed by atoms with Crippen LogP contribution in [0.5, 0.6) is 0 Å². The minimum Gasteiger partial charge on any atom is -0.399 e. The van der Waals surface area contributed by atoms with E-state index in [-0.39, 0.29) is 0 Å². The second-order valence-corrected chi connectivity index (χ2v) is 2.34. The molecule has 3 nitrogen and oxygen atoms in total. The van der Waals surface area contributed by atoms with Crippen molar-refractivity contribution in [2.24, 2.45) is 10.9 Å². The first-order valence-electron chi connectivity index (χ1n) is 3.34. The van der Waals surface area contributed by atoms with Crippen molar-refractivity contribution >= 4 is 11.4 Å². The number of nitrogen functional groups attached to an aromatic ring is 1. The van der Waals surface area contributed by atoms with Crippen molar-refractivity contribution in [3.8, 4) is 0 Å². The third-order valence-electron chi connectivity index (χ3n) is 1.52. The summed E-state index contributed by atoms with van der Waals surface area (Å²) < 4.78 is 0. The van der Waals surface area contributed by atoms with Gasteiger partial charge in [0.1, 0.15) is 0 Å². The third-order valence-corrected chi connectivity index (χ3v) is 1.52. The van der Waals surface area contributed by atoms with Crippen LogP contribution in [0.15, 0.2) is 29.4 Å². The van der Waals surface area contributed by atoms with Gasteiger partial charge in [-0.3, -0.25) is 0 Å². The second-order valence-electron chi connectivity index (χ2n) is 2.34. The van der Waals surface area contributed by atoms with Crippen molar-refractivity contribution in [2.45, 2.75) is 6.92 Å². The summed E-state index contributed by atoms with van der Waals surface area (Å²) in [6, 6.07) is 7.43. The van der Waals surface area contributed by atoms with Gasteiger partial charge >= 0.3 is 0 Å². The van der Waals surface area contributed by atoms with E-state index in [0.29, 0.717) is 0 Å². The summed E-state index contributed by atoms with van der Waals surface area (Å²) in [5.41, 5.74) is 8.06. The van der Waals surface area contributed by atoms with Gasteiger partial charge in [-0.15, -0.1) is 0 Å². The predicted octanol–water partition coefficient (Wildman–Crippen LogP) is 0.952. The van der Waals surface area contributed by atoms with Crippen LogP contribution in [-0.2, 0) is 0 Å². The van der Waals surface area contributed by atoms with Crippen molar-refractivity contribution in [1.29, 1.82) is 0 Å². The molecule has 0 unspecified atom stereocenters. The third kappa shape index (κ3) is 1.70.